The number of aryl methyl sites for hydroxylation is 1. The van der Waals surface area contributed by atoms with Gasteiger partial charge in [-0.3, -0.25) is 9.89 Å². The van der Waals surface area contributed by atoms with Crippen LogP contribution in [0.2, 0.25) is 0 Å². The largest absolute Gasteiger partial charge is 0.483 e. The van der Waals surface area contributed by atoms with Gasteiger partial charge in [-0.25, -0.2) is 12.8 Å². The number of aromatic amines is 1. The Morgan fingerprint density at radius 2 is 1.95 bits per heavy atom. The molecule has 0 spiro atoms. The van der Waals surface area contributed by atoms with Crippen LogP contribution in [0.25, 0.3) is 11.3 Å². The van der Waals surface area contributed by atoms with Gasteiger partial charge in [-0.1, -0.05) is 36.3 Å². The molecule has 0 aliphatic carbocycles. The summed E-state index contributed by atoms with van der Waals surface area (Å²) in [6, 6.07) is 12.2. The number of nitrogens with one attached hydrogen (secondary N) is 2. The highest BCUT2D eigenvalue weighted by Gasteiger charge is 2.24. The zero-order chi connectivity index (χ0) is 28.2. The number of benzene rings is 2. The summed E-state index contributed by atoms with van der Waals surface area (Å²) in [6.45, 7) is 3.39. The summed E-state index contributed by atoms with van der Waals surface area (Å²) in [5.74, 6) is -0.237. The number of H-pyrrole nitrogens is 1. The second-order valence-corrected chi connectivity index (χ2v) is 11.1. The van der Waals surface area contributed by atoms with Gasteiger partial charge in [0.2, 0.25) is 0 Å². The maximum atomic E-state index is 13.5. The monoisotopic (exact) mass is 557 g/mol. The molecule has 4 aromatic rings. The molecule has 0 radical (unpaired) electrons. The lowest BCUT2D eigenvalue weighted by atomic mass is 10.0. The van der Waals surface area contributed by atoms with Crippen molar-refractivity contribution in [1.29, 1.82) is 0 Å². The predicted octanol–water partition coefficient (Wildman–Crippen LogP) is 4.06. The average molecular weight is 558 g/mol. The molecule has 0 fully saturated rings. The van der Waals surface area contributed by atoms with Gasteiger partial charge in [0.15, 0.2) is 21.5 Å². The summed E-state index contributed by atoms with van der Waals surface area (Å²) in [4.78, 5) is 12.4. The van der Waals surface area contributed by atoms with E-state index in [0.717, 1.165) is 0 Å². The number of ether oxygens (including phenoxy) is 2. The summed E-state index contributed by atoms with van der Waals surface area (Å²) in [5.41, 5.74) is 7.52. The Hall–Kier alpha value is -4.23. The second-order valence-electron chi connectivity index (χ2n) is 8.75. The third kappa shape index (κ3) is 6.62. The lowest BCUT2D eigenvalue weighted by Crippen LogP contribution is -2.16. The molecule has 13 heteroatoms. The van der Waals surface area contributed by atoms with Gasteiger partial charge < -0.3 is 25.0 Å². The zero-order valence-corrected chi connectivity index (χ0v) is 22.3. The molecule has 4 rings (SSSR count). The number of carbonyl (C=O) groups excluding carboxylic acids is 1. The number of aromatic nitrogens is 3. The molecule has 0 aliphatic heterocycles. The Morgan fingerprint density at radius 3 is 2.56 bits per heavy atom. The maximum absolute atomic E-state index is 13.5. The first-order valence-electron chi connectivity index (χ1n) is 11.9. The van der Waals surface area contributed by atoms with Crippen molar-refractivity contribution in [2.75, 3.05) is 24.8 Å². The van der Waals surface area contributed by atoms with Gasteiger partial charge in [-0.15, -0.1) is 0 Å². The average Bonchev–Trinajstić information content (AvgIpc) is 3.51. The molecule has 39 heavy (non-hydrogen) atoms. The highest BCUT2D eigenvalue weighted by Crippen LogP contribution is 2.35. The number of carbonyl (C=O) groups is 1. The van der Waals surface area contributed by atoms with Crippen molar-refractivity contribution >= 4 is 27.4 Å². The van der Waals surface area contributed by atoms with Crippen LogP contribution in [0.5, 0.6) is 5.75 Å². The zero-order valence-electron chi connectivity index (χ0n) is 21.5. The van der Waals surface area contributed by atoms with Crippen LogP contribution >= 0.6 is 0 Å². The summed E-state index contributed by atoms with van der Waals surface area (Å²) in [6.07, 6.45) is -0.682. The van der Waals surface area contributed by atoms with Crippen molar-refractivity contribution in [1.82, 2.24) is 15.4 Å². The van der Waals surface area contributed by atoms with E-state index >= 15 is 0 Å². The quantitative estimate of drug-likeness (QED) is 0.233. The summed E-state index contributed by atoms with van der Waals surface area (Å²) < 4.78 is 55.2. The second kappa shape index (κ2) is 11.7. The van der Waals surface area contributed by atoms with E-state index in [9.17, 15) is 17.6 Å². The van der Waals surface area contributed by atoms with E-state index < -0.39 is 27.7 Å². The number of amides is 1. The number of nitrogens with two attached hydrogens (primary N) is 1. The number of sulfone groups is 1. The molecule has 2 heterocycles. The van der Waals surface area contributed by atoms with Crippen molar-refractivity contribution in [2.45, 2.75) is 25.7 Å². The van der Waals surface area contributed by atoms with Gasteiger partial charge in [0.1, 0.15) is 29.0 Å². The Morgan fingerprint density at radius 1 is 1.21 bits per heavy atom. The highest BCUT2D eigenvalue weighted by atomic mass is 32.2. The van der Waals surface area contributed by atoms with E-state index in [2.05, 4.69) is 20.7 Å². The number of hydrogen-bond donors (Lipinski definition) is 3. The Labute approximate surface area is 224 Å². The number of methoxy groups -OCH3 is 1. The highest BCUT2D eigenvalue weighted by molar-refractivity contribution is 7.90. The van der Waals surface area contributed by atoms with E-state index in [0.29, 0.717) is 28.3 Å². The molecule has 4 N–H and O–H groups in total. The van der Waals surface area contributed by atoms with Gasteiger partial charge in [0.25, 0.3) is 5.91 Å². The van der Waals surface area contributed by atoms with E-state index in [1.807, 2.05) is 0 Å². The van der Waals surface area contributed by atoms with E-state index in [4.69, 9.17) is 19.7 Å². The van der Waals surface area contributed by atoms with Crippen molar-refractivity contribution < 1.29 is 31.6 Å². The third-order valence-electron chi connectivity index (χ3n) is 5.89. The van der Waals surface area contributed by atoms with Crippen molar-refractivity contribution in [2.24, 2.45) is 5.73 Å². The minimum absolute atomic E-state index is 0.0579. The van der Waals surface area contributed by atoms with Crippen molar-refractivity contribution in [3.8, 4) is 17.0 Å². The molecule has 1 amide bonds. The van der Waals surface area contributed by atoms with Crippen molar-refractivity contribution in [3.05, 3.63) is 76.8 Å². The van der Waals surface area contributed by atoms with Crippen LogP contribution in [0.15, 0.2) is 53.1 Å². The molecule has 0 aliphatic rings. The molecule has 0 unspecified atom stereocenters. The minimum atomic E-state index is -3.42. The first kappa shape index (κ1) is 27.8. The lowest BCUT2D eigenvalue weighted by molar-refractivity contribution is 0.0804. The number of hydrogen-bond acceptors (Lipinski definition) is 9. The normalized spacial score (nSPS) is 12.3. The first-order valence-corrected chi connectivity index (χ1v) is 13.8. The third-order valence-corrected chi connectivity index (χ3v) is 7.52. The molecule has 1 atom stereocenters. The topological polar surface area (TPSA) is 162 Å². The van der Waals surface area contributed by atoms with Gasteiger partial charge in [-0.05, 0) is 30.7 Å². The van der Waals surface area contributed by atoms with Gasteiger partial charge >= 0.3 is 0 Å². The molecule has 2 aromatic carbocycles. The van der Waals surface area contributed by atoms with Gasteiger partial charge in [0, 0.05) is 30.1 Å². The minimum Gasteiger partial charge on any atom is -0.483 e. The number of halogens is 1. The Balaban J connectivity index is 1.77. The fraction of sp³-hybridized carbons (Fsp3) is 0.269. The number of primary amides is 1. The molecular formula is C26H28FN5O6S. The SMILES string of the molecule is CCS(=O)(=O)Cc1ccc(-c2[nH]nc(Nc3cc(C)on3)c2C(N)=O)cc1O[C@@H](COC)c1ccc(F)cc1. The van der Waals surface area contributed by atoms with Crippen LogP contribution < -0.4 is 15.8 Å². The fourth-order valence-electron chi connectivity index (χ4n) is 3.89. The van der Waals surface area contributed by atoms with Crippen LogP contribution in [-0.4, -0.2) is 49.1 Å². The van der Waals surface area contributed by atoms with Crippen LogP contribution in [0.4, 0.5) is 16.0 Å². The standard InChI is InChI=1S/C26H28FN5O6S/c1-4-39(34,35)14-18-6-5-17(12-20(18)37-21(13-36-3)16-7-9-19(27)10-8-16)24-23(25(28)33)26(31-30-24)29-22-11-15(2)38-32-22/h5-12,21H,4,13-14H2,1-3H3,(H2,28,33)(H2,29,30,31,32)/t21-/m0/s1. The van der Waals surface area contributed by atoms with Crippen molar-refractivity contribution in [3.63, 3.8) is 0 Å². The van der Waals surface area contributed by atoms with Crippen LogP contribution in [-0.2, 0) is 20.3 Å². The molecule has 0 bridgehead atoms. The summed E-state index contributed by atoms with van der Waals surface area (Å²) in [5, 5.41) is 13.7. The molecule has 11 nitrogen and oxygen atoms in total. The number of nitrogens with zero attached hydrogens (tertiary/aromatic N) is 2. The smallest absolute Gasteiger partial charge is 0.254 e. The molecular weight excluding hydrogens is 529 g/mol. The van der Waals surface area contributed by atoms with Crippen LogP contribution in [0.3, 0.4) is 0 Å². The molecule has 0 saturated heterocycles. The summed E-state index contributed by atoms with van der Waals surface area (Å²) in [7, 11) is -1.93. The molecule has 2 aromatic heterocycles. The van der Waals surface area contributed by atoms with Gasteiger partial charge in [-0.2, -0.15) is 5.10 Å². The number of anilines is 2. The van der Waals surface area contributed by atoms with E-state index in [1.165, 1.54) is 19.2 Å². The Bertz CT molecular complexity index is 1570. The molecule has 0 saturated carbocycles. The van der Waals surface area contributed by atoms with Gasteiger partial charge in [0.05, 0.1) is 18.1 Å². The molecule has 206 valence electrons. The first-order chi connectivity index (χ1) is 18.6. The van der Waals surface area contributed by atoms with Crippen LogP contribution in [0.1, 0.15) is 40.3 Å². The van der Waals surface area contributed by atoms with E-state index in [1.54, 1.807) is 50.2 Å². The lowest BCUT2D eigenvalue weighted by Gasteiger charge is -2.21. The van der Waals surface area contributed by atoms with E-state index in [-0.39, 0.29) is 40.9 Å². The van der Waals surface area contributed by atoms with Crippen LogP contribution in [0, 0.1) is 12.7 Å². The fourth-order valence-corrected chi connectivity index (χ4v) is 4.80. The predicted molar refractivity (Wildman–Crippen MR) is 142 cm³/mol. The Kier molecular flexibility index (Phi) is 8.31. The summed E-state index contributed by atoms with van der Waals surface area (Å²) >= 11 is 0. The maximum Gasteiger partial charge on any atom is 0.254 e. The number of rotatable bonds is 12.